The van der Waals surface area contributed by atoms with Crippen LogP contribution in [0.25, 0.3) is 0 Å². The lowest BCUT2D eigenvalue weighted by molar-refractivity contribution is -0.386. The Hall–Kier alpha value is -1.10. The van der Waals surface area contributed by atoms with Gasteiger partial charge in [-0.25, -0.2) is 0 Å². The minimum Gasteiger partial charge on any atom is -0.502 e. The fourth-order valence-corrected chi connectivity index (χ4v) is 2.03. The first-order valence-corrected chi connectivity index (χ1v) is 6.96. The van der Waals surface area contributed by atoms with Gasteiger partial charge >= 0.3 is 5.69 Å². The summed E-state index contributed by atoms with van der Waals surface area (Å²) in [7, 11) is 0. The molecule has 3 N–H and O–H groups in total. The smallest absolute Gasteiger partial charge is 0.311 e. The van der Waals surface area contributed by atoms with Crippen LogP contribution in [0.1, 0.15) is 11.6 Å². The van der Waals surface area contributed by atoms with Crippen molar-refractivity contribution in [3.63, 3.8) is 0 Å². The molecule has 0 amide bonds. The van der Waals surface area contributed by atoms with Crippen molar-refractivity contribution in [1.29, 1.82) is 0 Å². The van der Waals surface area contributed by atoms with Gasteiger partial charge in [-0.2, -0.15) is 0 Å². The van der Waals surface area contributed by atoms with E-state index in [4.69, 9.17) is 24.4 Å². The summed E-state index contributed by atoms with van der Waals surface area (Å²) in [4.78, 5) is 10.2. The van der Waals surface area contributed by atoms with Crippen molar-refractivity contribution < 1.29 is 10.0 Å². The van der Waals surface area contributed by atoms with Gasteiger partial charge < -0.3 is 15.7 Å². The van der Waals surface area contributed by atoms with Gasteiger partial charge in [0, 0.05) is 18.2 Å². The summed E-state index contributed by atoms with van der Waals surface area (Å²) in [6.07, 6.45) is 0. The second-order valence-corrected chi connectivity index (χ2v) is 5.98. The van der Waals surface area contributed by atoms with Gasteiger partial charge in [-0.05, 0) is 0 Å². The van der Waals surface area contributed by atoms with Crippen molar-refractivity contribution in [2.75, 3.05) is 6.54 Å². The van der Waals surface area contributed by atoms with E-state index in [1.807, 2.05) is 0 Å². The first kappa shape index (κ1) is 17.0. The number of benzene rings is 1. The minimum atomic E-state index is -0.661. The first-order chi connectivity index (χ1) is 9.32. The lowest BCUT2D eigenvalue weighted by Gasteiger charge is -2.20. The van der Waals surface area contributed by atoms with Crippen LogP contribution in [0.3, 0.4) is 0 Å². The van der Waals surface area contributed by atoms with Crippen LogP contribution in [0.4, 0.5) is 5.69 Å². The highest BCUT2D eigenvalue weighted by Crippen LogP contribution is 2.33. The molecule has 10 heteroatoms. The highest BCUT2D eigenvalue weighted by Gasteiger charge is 2.22. The monoisotopic (exact) mass is 349 g/mol. The fraction of sp³-hybridized carbons (Fsp3) is 0.200. The molecule has 0 aliphatic rings. The molecule has 0 spiro atoms. The van der Waals surface area contributed by atoms with Crippen LogP contribution in [-0.4, -0.2) is 25.2 Å². The molecule has 0 aliphatic carbocycles. The Balaban J connectivity index is 3.12. The van der Waals surface area contributed by atoms with Crippen LogP contribution >= 0.6 is 49.7 Å². The maximum Gasteiger partial charge on any atom is 0.311 e. The van der Waals surface area contributed by atoms with Gasteiger partial charge in [0.2, 0.25) is 0 Å². The normalized spacial score (nSPS) is 11.5. The maximum atomic E-state index is 10.8. The van der Waals surface area contributed by atoms with Gasteiger partial charge in [-0.15, -0.1) is 25.3 Å². The number of nitro groups is 1. The third-order valence-electron chi connectivity index (χ3n) is 2.37. The molecule has 0 bridgehead atoms. The third kappa shape index (κ3) is 4.78. The summed E-state index contributed by atoms with van der Waals surface area (Å²) in [6, 6.07) is 3.70. The van der Waals surface area contributed by atoms with Crippen molar-refractivity contribution >= 4 is 64.0 Å². The number of nitrogens with one attached hydrogen (secondary N) is 2. The maximum absolute atomic E-state index is 10.8. The molecule has 1 atom stereocenters. The van der Waals surface area contributed by atoms with Gasteiger partial charge in [0.25, 0.3) is 0 Å². The largest absolute Gasteiger partial charge is 0.502 e. The summed E-state index contributed by atoms with van der Waals surface area (Å²) in [5.74, 6) is -0.425. The molecule has 6 nitrogen and oxygen atoms in total. The Labute approximate surface area is 136 Å². The molecule has 1 aromatic rings. The zero-order valence-corrected chi connectivity index (χ0v) is 13.4. The number of para-hydroxylation sites is 1. The Morgan fingerprint density at radius 1 is 1.40 bits per heavy atom. The topological polar surface area (TPSA) is 87.4 Å². The highest BCUT2D eigenvalue weighted by atomic mass is 32.1. The molecule has 0 saturated carbocycles. The summed E-state index contributed by atoms with van der Waals surface area (Å²) in [6.45, 7) is 0.234. The zero-order chi connectivity index (χ0) is 15.3. The van der Waals surface area contributed by atoms with Crippen molar-refractivity contribution in [2.45, 2.75) is 6.04 Å². The number of nitro benzene ring substituents is 1. The number of rotatable bonds is 5. The highest BCUT2D eigenvalue weighted by molar-refractivity contribution is 8.11. The molecule has 108 valence electrons. The van der Waals surface area contributed by atoms with Gasteiger partial charge in [0.1, 0.15) is 8.64 Å². The van der Waals surface area contributed by atoms with Gasteiger partial charge in [-0.3, -0.25) is 10.1 Å². The Morgan fingerprint density at radius 3 is 2.55 bits per heavy atom. The molecule has 0 aromatic heterocycles. The van der Waals surface area contributed by atoms with Crippen LogP contribution in [-0.2, 0) is 0 Å². The molecule has 0 fully saturated rings. The number of phenolic OH excluding ortho intramolecular Hbond substituents is 1. The van der Waals surface area contributed by atoms with E-state index < -0.39 is 16.7 Å². The average molecular weight is 349 g/mol. The molecule has 1 unspecified atom stereocenters. The van der Waals surface area contributed by atoms with Crippen LogP contribution in [0.2, 0.25) is 0 Å². The fourth-order valence-electron chi connectivity index (χ4n) is 1.55. The van der Waals surface area contributed by atoms with Crippen LogP contribution in [0.15, 0.2) is 18.2 Å². The number of thiol groups is 2. The summed E-state index contributed by atoms with van der Waals surface area (Å²) >= 11 is 17.5. The van der Waals surface area contributed by atoms with Crippen LogP contribution < -0.4 is 10.6 Å². The molecular formula is C10H11N3O3S4. The van der Waals surface area contributed by atoms with Crippen molar-refractivity contribution in [2.24, 2.45) is 0 Å². The number of nitrogens with zero attached hydrogens (tertiary/aromatic N) is 1. The van der Waals surface area contributed by atoms with E-state index in [1.165, 1.54) is 12.1 Å². The van der Waals surface area contributed by atoms with Crippen LogP contribution in [0, 0.1) is 10.1 Å². The number of aromatic hydroxyl groups is 1. The summed E-state index contributed by atoms with van der Waals surface area (Å²) < 4.78 is 0.444. The van der Waals surface area contributed by atoms with E-state index in [2.05, 4.69) is 35.9 Å². The Morgan fingerprint density at radius 2 is 2.05 bits per heavy atom. The lowest BCUT2D eigenvalue weighted by Crippen LogP contribution is -2.34. The van der Waals surface area contributed by atoms with Crippen molar-refractivity contribution in [3.05, 3.63) is 33.9 Å². The van der Waals surface area contributed by atoms with Gasteiger partial charge in [-0.1, -0.05) is 36.6 Å². The number of phenols is 1. The molecule has 20 heavy (non-hydrogen) atoms. The van der Waals surface area contributed by atoms with E-state index in [0.29, 0.717) is 5.56 Å². The molecule has 0 aliphatic heterocycles. The lowest BCUT2D eigenvalue weighted by atomic mass is 10.0. The van der Waals surface area contributed by atoms with Gasteiger partial charge in [0.05, 0.1) is 11.0 Å². The number of hydrogen-bond donors (Lipinski definition) is 5. The first-order valence-electron chi connectivity index (χ1n) is 5.25. The molecule has 0 saturated heterocycles. The standard InChI is InChI=1S/C10H11N3O3S4/c14-8-5(2-1-3-7(8)13(15)16)6(12-10(19)20)4-11-9(17)18/h1-3,6,14H,4H2,(H2,11,17,18)(H2,12,19,20). The number of hydrogen-bond acceptors (Lipinski definition) is 5. The van der Waals surface area contributed by atoms with Crippen molar-refractivity contribution in [1.82, 2.24) is 10.6 Å². The molecule has 1 rings (SSSR count). The van der Waals surface area contributed by atoms with E-state index in [1.54, 1.807) is 6.07 Å². The Kier molecular flexibility index (Phi) is 6.46. The predicted molar refractivity (Wildman–Crippen MR) is 91.8 cm³/mol. The van der Waals surface area contributed by atoms with Crippen molar-refractivity contribution in [3.8, 4) is 5.75 Å². The minimum absolute atomic E-state index is 0.188. The third-order valence-corrected chi connectivity index (χ3v) is 2.92. The van der Waals surface area contributed by atoms with E-state index in [9.17, 15) is 15.2 Å². The van der Waals surface area contributed by atoms with E-state index in [-0.39, 0.29) is 20.9 Å². The molecule has 1 aromatic carbocycles. The average Bonchev–Trinajstić information content (AvgIpc) is 2.34. The summed E-state index contributed by atoms with van der Waals surface area (Å²) in [5, 5.41) is 26.4. The van der Waals surface area contributed by atoms with Gasteiger partial charge in [0.15, 0.2) is 5.75 Å². The van der Waals surface area contributed by atoms with E-state index >= 15 is 0 Å². The second kappa shape index (κ2) is 7.62. The zero-order valence-electron chi connectivity index (χ0n) is 9.94. The second-order valence-electron chi connectivity index (χ2n) is 3.66. The van der Waals surface area contributed by atoms with E-state index in [0.717, 1.165) is 0 Å². The molecule has 0 radical (unpaired) electrons. The predicted octanol–water partition coefficient (Wildman–Crippen LogP) is 1.95. The SMILES string of the molecule is O=[N+]([O-])c1cccc(C(CNC(=S)S)NC(=S)S)c1O. The quantitative estimate of drug-likeness (QED) is 0.240. The molecule has 0 heterocycles. The van der Waals surface area contributed by atoms with Crippen LogP contribution in [0.5, 0.6) is 5.75 Å². The summed E-state index contributed by atoms with van der Waals surface area (Å²) in [5.41, 5.74) is -0.0690. The Bertz CT molecular complexity index is 553. The molecular weight excluding hydrogens is 338 g/mol. The number of thiocarbonyl (C=S) groups is 2.